The maximum Gasteiger partial charge on any atom is 0.243 e. The van der Waals surface area contributed by atoms with Crippen molar-refractivity contribution < 1.29 is 14.0 Å². The summed E-state index contributed by atoms with van der Waals surface area (Å²) in [5, 5.41) is 6.40. The highest BCUT2D eigenvalue weighted by Crippen LogP contribution is 2.26. The molecule has 0 aliphatic carbocycles. The van der Waals surface area contributed by atoms with Crippen LogP contribution in [0.5, 0.6) is 0 Å². The topological polar surface area (TPSA) is 71.3 Å². The van der Waals surface area contributed by atoms with Crippen LogP contribution in [0.15, 0.2) is 45.5 Å². The van der Waals surface area contributed by atoms with Crippen molar-refractivity contribution in [1.29, 1.82) is 0 Å². The minimum Gasteiger partial charge on any atom is -0.464 e. The van der Waals surface area contributed by atoms with Crippen molar-refractivity contribution in [3.8, 4) is 0 Å². The maximum absolute atomic E-state index is 12.2. The van der Waals surface area contributed by atoms with Crippen LogP contribution in [0, 0.1) is 20.8 Å². The number of aryl methyl sites for hydroxylation is 3. The van der Waals surface area contributed by atoms with Crippen molar-refractivity contribution >= 4 is 44.4 Å². The van der Waals surface area contributed by atoms with Crippen LogP contribution >= 0.6 is 15.9 Å². The number of benzene rings is 2. The number of hydrogen-bond acceptors (Lipinski definition) is 3. The van der Waals surface area contributed by atoms with Crippen LogP contribution in [-0.2, 0) is 16.0 Å². The van der Waals surface area contributed by atoms with Gasteiger partial charge in [0.2, 0.25) is 11.8 Å². The average Bonchev–Trinajstić information content (AvgIpc) is 3.02. The van der Waals surface area contributed by atoms with Crippen molar-refractivity contribution in [3.63, 3.8) is 0 Å². The van der Waals surface area contributed by atoms with Crippen LogP contribution in [0.2, 0.25) is 0 Å². The van der Waals surface area contributed by atoms with E-state index in [9.17, 15) is 9.59 Å². The molecular weight excluding hydrogens is 408 g/mol. The van der Waals surface area contributed by atoms with Gasteiger partial charge in [-0.05, 0) is 55.7 Å². The Kier molecular flexibility index (Phi) is 5.65. The molecule has 27 heavy (non-hydrogen) atoms. The molecule has 0 fully saturated rings. The third-order valence-electron chi connectivity index (χ3n) is 4.60. The lowest BCUT2D eigenvalue weighted by atomic mass is 10.0. The van der Waals surface area contributed by atoms with Gasteiger partial charge in [-0.2, -0.15) is 0 Å². The van der Waals surface area contributed by atoms with Gasteiger partial charge in [-0.15, -0.1) is 0 Å². The lowest BCUT2D eigenvalue weighted by molar-refractivity contribution is -0.123. The van der Waals surface area contributed by atoms with Gasteiger partial charge in [0.25, 0.3) is 0 Å². The fourth-order valence-electron chi connectivity index (χ4n) is 2.90. The molecule has 0 saturated carbocycles. The first-order chi connectivity index (χ1) is 12.8. The summed E-state index contributed by atoms with van der Waals surface area (Å²) in [5.74, 6) is -0.490. The number of anilines is 1. The predicted octanol–water partition coefficient (Wildman–Crippen LogP) is 4.42. The highest BCUT2D eigenvalue weighted by Gasteiger charge is 2.14. The molecule has 0 saturated heterocycles. The summed E-state index contributed by atoms with van der Waals surface area (Å²) in [7, 11) is 0. The van der Waals surface area contributed by atoms with Crippen LogP contribution in [0.25, 0.3) is 11.0 Å². The van der Waals surface area contributed by atoms with Gasteiger partial charge in [-0.3, -0.25) is 9.59 Å². The number of nitrogens with one attached hydrogen (secondary N) is 2. The van der Waals surface area contributed by atoms with Crippen LogP contribution in [0.3, 0.4) is 0 Å². The van der Waals surface area contributed by atoms with Gasteiger partial charge in [-0.1, -0.05) is 28.1 Å². The summed E-state index contributed by atoms with van der Waals surface area (Å²) >= 11 is 3.39. The number of amides is 2. The van der Waals surface area contributed by atoms with E-state index < -0.39 is 0 Å². The monoisotopic (exact) mass is 428 g/mol. The Morgan fingerprint density at radius 1 is 1.04 bits per heavy atom. The molecule has 5 nitrogen and oxygen atoms in total. The normalized spacial score (nSPS) is 10.8. The summed E-state index contributed by atoms with van der Waals surface area (Å²) in [6.07, 6.45) is 1.78. The van der Waals surface area contributed by atoms with Crippen molar-refractivity contribution in [2.75, 3.05) is 11.9 Å². The summed E-state index contributed by atoms with van der Waals surface area (Å²) in [5.41, 5.74) is 5.51. The minimum absolute atomic E-state index is 0.0811. The van der Waals surface area contributed by atoms with Gasteiger partial charge >= 0.3 is 0 Å². The molecule has 6 heteroatoms. The van der Waals surface area contributed by atoms with Crippen LogP contribution < -0.4 is 10.6 Å². The molecule has 1 aromatic heterocycles. The van der Waals surface area contributed by atoms with E-state index in [4.69, 9.17) is 4.42 Å². The lowest BCUT2D eigenvalue weighted by Gasteiger charge is -2.09. The van der Waals surface area contributed by atoms with Crippen LogP contribution in [-0.4, -0.2) is 18.4 Å². The first-order valence-corrected chi connectivity index (χ1v) is 9.43. The highest BCUT2D eigenvalue weighted by atomic mass is 79.9. The van der Waals surface area contributed by atoms with E-state index >= 15 is 0 Å². The number of hydrogen-bond donors (Lipinski definition) is 2. The molecule has 140 valence electrons. The second kappa shape index (κ2) is 7.96. The van der Waals surface area contributed by atoms with E-state index in [1.165, 1.54) is 0 Å². The number of fused-ring (bicyclic) bond motifs is 1. The molecule has 0 bridgehead atoms. The fraction of sp³-hybridized carbons (Fsp3) is 0.238. The molecule has 0 atom stereocenters. The minimum atomic E-state index is -0.266. The van der Waals surface area contributed by atoms with E-state index in [-0.39, 0.29) is 24.8 Å². The smallest absolute Gasteiger partial charge is 0.243 e. The zero-order valence-corrected chi connectivity index (χ0v) is 17.1. The number of rotatable bonds is 5. The van der Waals surface area contributed by atoms with E-state index in [0.717, 1.165) is 43.4 Å². The molecule has 2 N–H and O–H groups in total. The van der Waals surface area contributed by atoms with E-state index in [0.29, 0.717) is 0 Å². The molecule has 0 unspecified atom stereocenters. The number of furan rings is 1. The Morgan fingerprint density at radius 2 is 1.81 bits per heavy atom. The summed E-state index contributed by atoms with van der Waals surface area (Å²) in [6.45, 7) is 5.85. The van der Waals surface area contributed by atoms with Crippen molar-refractivity contribution in [2.24, 2.45) is 0 Å². The van der Waals surface area contributed by atoms with Gasteiger partial charge in [0, 0.05) is 21.1 Å². The van der Waals surface area contributed by atoms with Gasteiger partial charge in [-0.25, -0.2) is 0 Å². The molecule has 0 aliphatic heterocycles. The zero-order valence-electron chi connectivity index (χ0n) is 15.5. The Bertz CT molecular complexity index is 1020. The quantitative estimate of drug-likeness (QED) is 0.631. The largest absolute Gasteiger partial charge is 0.464 e. The maximum atomic E-state index is 12.2. The van der Waals surface area contributed by atoms with Crippen molar-refractivity contribution in [2.45, 2.75) is 27.2 Å². The number of carbonyl (C=O) groups excluding carboxylic acids is 2. The van der Waals surface area contributed by atoms with Crippen LogP contribution in [0.4, 0.5) is 5.69 Å². The Balaban J connectivity index is 1.58. The van der Waals surface area contributed by atoms with E-state index in [2.05, 4.69) is 26.6 Å². The van der Waals surface area contributed by atoms with Gasteiger partial charge < -0.3 is 15.1 Å². The van der Waals surface area contributed by atoms with E-state index in [1.54, 1.807) is 6.26 Å². The van der Waals surface area contributed by atoms with Gasteiger partial charge in [0.1, 0.15) is 5.58 Å². The molecule has 1 heterocycles. The SMILES string of the molecule is Cc1cc(Br)ccc1NC(=O)CNC(=O)Cc1coc2c(C)c(C)ccc12. The van der Waals surface area contributed by atoms with Crippen molar-refractivity contribution in [3.05, 3.63) is 63.3 Å². The van der Waals surface area contributed by atoms with Gasteiger partial charge in [0.15, 0.2) is 0 Å². The molecule has 3 rings (SSSR count). The first kappa shape index (κ1) is 19.2. The summed E-state index contributed by atoms with van der Waals surface area (Å²) in [6, 6.07) is 9.58. The van der Waals surface area contributed by atoms with Crippen molar-refractivity contribution in [1.82, 2.24) is 5.32 Å². The van der Waals surface area contributed by atoms with Crippen LogP contribution in [0.1, 0.15) is 22.3 Å². The predicted molar refractivity (Wildman–Crippen MR) is 110 cm³/mol. The first-order valence-electron chi connectivity index (χ1n) is 8.64. The standard InChI is InChI=1S/C21H21BrN2O3/c1-12-4-6-17-15(11-27-21(17)14(12)3)9-19(25)23-10-20(26)24-18-7-5-16(22)8-13(18)2/h4-8,11H,9-10H2,1-3H3,(H,23,25)(H,24,26). The lowest BCUT2D eigenvalue weighted by Crippen LogP contribution is -2.33. The highest BCUT2D eigenvalue weighted by molar-refractivity contribution is 9.10. The summed E-state index contributed by atoms with van der Waals surface area (Å²) < 4.78 is 6.57. The second-order valence-electron chi connectivity index (χ2n) is 6.61. The molecule has 3 aromatic rings. The molecule has 0 radical (unpaired) electrons. The Labute approximate surface area is 166 Å². The number of halogens is 1. The van der Waals surface area contributed by atoms with Gasteiger partial charge in [0.05, 0.1) is 19.2 Å². The molecule has 0 aliphatic rings. The molecule has 0 spiro atoms. The fourth-order valence-corrected chi connectivity index (χ4v) is 3.38. The van der Waals surface area contributed by atoms with E-state index in [1.807, 2.05) is 51.1 Å². The zero-order chi connectivity index (χ0) is 19.6. The molecule has 2 amide bonds. The summed E-state index contributed by atoms with van der Waals surface area (Å²) in [4.78, 5) is 24.3. The number of carbonyl (C=O) groups is 2. The second-order valence-corrected chi connectivity index (χ2v) is 7.52. The Hall–Kier alpha value is -2.60. The Morgan fingerprint density at radius 3 is 2.56 bits per heavy atom. The average molecular weight is 429 g/mol. The molecule has 2 aromatic carbocycles. The molecular formula is C21H21BrN2O3. The third-order valence-corrected chi connectivity index (χ3v) is 5.09. The third kappa shape index (κ3) is 4.39.